The lowest BCUT2D eigenvalue weighted by Crippen LogP contribution is -2.30. The summed E-state index contributed by atoms with van der Waals surface area (Å²) in [6.07, 6.45) is 0.660. The van der Waals surface area contributed by atoms with Crippen LogP contribution in [0.15, 0.2) is 21.1 Å². The molecule has 4 nitrogen and oxygen atoms in total. The lowest BCUT2D eigenvalue weighted by atomic mass is 9.98. The molecular formula is C23H28Br2N2O2. The monoisotopic (exact) mass is 522 g/mol. The number of hydrogen-bond acceptors (Lipinski definition) is 2. The second kappa shape index (κ2) is 9.90. The first-order valence-corrected chi connectivity index (χ1v) is 11.2. The molecule has 0 aliphatic rings. The SMILES string of the molecule is Cc1c(Br)cc(C(=O)NCCCNC(=O)c2cc(Br)c(C)c(C)c2C)c(C)c1C. The Morgan fingerprint density at radius 2 is 1.00 bits per heavy atom. The third-order valence-corrected chi connectivity index (χ3v) is 7.38. The minimum Gasteiger partial charge on any atom is -0.352 e. The van der Waals surface area contributed by atoms with Crippen LogP contribution >= 0.6 is 31.9 Å². The maximum Gasteiger partial charge on any atom is 0.251 e. The molecule has 0 aromatic heterocycles. The van der Waals surface area contributed by atoms with E-state index in [1.54, 1.807) is 0 Å². The minimum absolute atomic E-state index is 0.0911. The number of amides is 2. The van der Waals surface area contributed by atoms with Gasteiger partial charge in [-0.25, -0.2) is 0 Å². The second-order valence-electron chi connectivity index (χ2n) is 7.43. The van der Waals surface area contributed by atoms with Gasteiger partial charge < -0.3 is 10.6 Å². The predicted octanol–water partition coefficient (Wildman–Crippen LogP) is 5.61. The Bertz CT molecular complexity index is 891. The van der Waals surface area contributed by atoms with Crippen molar-refractivity contribution >= 4 is 43.7 Å². The lowest BCUT2D eigenvalue weighted by Gasteiger charge is -2.14. The van der Waals surface area contributed by atoms with Crippen LogP contribution < -0.4 is 10.6 Å². The second-order valence-corrected chi connectivity index (χ2v) is 9.14. The zero-order valence-electron chi connectivity index (χ0n) is 17.8. The van der Waals surface area contributed by atoms with Crippen molar-refractivity contribution in [2.45, 2.75) is 48.0 Å². The average Bonchev–Trinajstić information content (AvgIpc) is 2.69. The summed E-state index contributed by atoms with van der Waals surface area (Å²) in [7, 11) is 0. The van der Waals surface area contributed by atoms with Gasteiger partial charge in [0.05, 0.1) is 0 Å². The Labute approximate surface area is 190 Å². The van der Waals surface area contributed by atoms with Crippen LogP contribution in [0.5, 0.6) is 0 Å². The Balaban J connectivity index is 1.89. The average molecular weight is 524 g/mol. The van der Waals surface area contributed by atoms with Gasteiger partial charge in [0, 0.05) is 33.2 Å². The third-order valence-electron chi connectivity index (χ3n) is 5.73. The van der Waals surface area contributed by atoms with Gasteiger partial charge in [-0.3, -0.25) is 9.59 Å². The molecule has 2 N–H and O–H groups in total. The largest absolute Gasteiger partial charge is 0.352 e. The van der Waals surface area contributed by atoms with Gasteiger partial charge in [-0.2, -0.15) is 0 Å². The summed E-state index contributed by atoms with van der Waals surface area (Å²) in [5.41, 5.74) is 7.88. The molecule has 0 spiro atoms. The summed E-state index contributed by atoms with van der Waals surface area (Å²) in [6, 6.07) is 3.74. The number of nitrogens with one attached hydrogen (secondary N) is 2. The van der Waals surface area contributed by atoms with Crippen LogP contribution in [-0.4, -0.2) is 24.9 Å². The van der Waals surface area contributed by atoms with Gasteiger partial charge in [0.25, 0.3) is 11.8 Å². The molecule has 0 atom stereocenters. The Morgan fingerprint density at radius 1 is 0.655 bits per heavy atom. The fourth-order valence-corrected chi connectivity index (χ4v) is 4.22. The third kappa shape index (κ3) is 5.28. The van der Waals surface area contributed by atoms with Crippen LogP contribution in [0.2, 0.25) is 0 Å². The summed E-state index contributed by atoms with van der Waals surface area (Å²) >= 11 is 7.04. The van der Waals surface area contributed by atoms with E-state index in [4.69, 9.17) is 0 Å². The minimum atomic E-state index is -0.0911. The Morgan fingerprint density at radius 3 is 1.34 bits per heavy atom. The first kappa shape index (κ1) is 23.6. The molecule has 0 aliphatic carbocycles. The molecule has 0 unspecified atom stereocenters. The number of carbonyl (C=O) groups excluding carboxylic acids is 2. The van der Waals surface area contributed by atoms with Crippen molar-refractivity contribution in [3.05, 3.63) is 65.6 Å². The Hall–Kier alpha value is -1.66. The van der Waals surface area contributed by atoms with Crippen molar-refractivity contribution in [1.29, 1.82) is 0 Å². The van der Waals surface area contributed by atoms with Gasteiger partial charge in [0.15, 0.2) is 0 Å². The topological polar surface area (TPSA) is 58.2 Å². The van der Waals surface area contributed by atoms with Gasteiger partial charge in [0.2, 0.25) is 0 Å². The molecule has 2 amide bonds. The number of benzene rings is 2. The van der Waals surface area contributed by atoms with Crippen LogP contribution in [0.3, 0.4) is 0 Å². The molecule has 0 aliphatic heterocycles. The van der Waals surface area contributed by atoms with E-state index in [2.05, 4.69) is 42.5 Å². The zero-order valence-corrected chi connectivity index (χ0v) is 21.0. The first-order chi connectivity index (χ1) is 13.6. The summed E-state index contributed by atoms with van der Waals surface area (Å²) in [4.78, 5) is 25.1. The van der Waals surface area contributed by atoms with Crippen LogP contribution in [0, 0.1) is 41.5 Å². The van der Waals surface area contributed by atoms with E-state index in [1.807, 2.05) is 53.7 Å². The van der Waals surface area contributed by atoms with Gasteiger partial charge in [0.1, 0.15) is 0 Å². The zero-order chi connectivity index (χ0) is 21.9. The summed E-state index contributed by atoms with van der Waals surface area (Å²) in [5, 5.41) is 5.89. The van der Waals surface area contributed by atoms with E-state index >= 15 is 0 Å². The van der Waals surface area contributed by atoms with Crippen molar-refractivity contribution in [1.82, 2.24) is 10.6 Å². The highest BCUT2D eigenvalue weighted by Gasteiger charge is 2.15. The molecule has 2 aromatic rings. The molecule has 6 heteroatoms. The molecular weight excluding hydrogens is 496 g/mol. The van der Waals surface area contributed by atoms with E-state index in [0.717, 1.165) is 42.3 Å². The first-order valence-electron chi connectivity index (χ1n) is 9.65. The van der Waals surface area contributed by atoms with Crippen molar-refractivity contribution < 1.29 is 9.59 Å². The van der Waals surface area contributed by atoms with Gasteiger partial charge in [-0.15, -0.1) is 0 Å². The van der Waals surface area contributed by atoms with Crippen molar-refractivity contribution in [3.63, 3.8) is 0 Å². The number of carbonyl (C=O) groups is 2. The van der Waals surface area contributed by atoms with Crippen LogP contribution in [0.25, 0.3) is 0 Å². The van der Waals surface area contributed by atoms with E-state index < -0.39 is 0 Å². The van der Waals surface area contributed by atoms with Crippen molar-refractivity contribution in [2.75, 3.05) is 13.1 Å². The van der Waals surface area contributed by atoms with Crippen LogP contribution in [0.4, 0.5) is 0 Å². The molecule has 0 radical (unpaired) electrons. The van der Waals surface area contributed by atoms with Gasteiger partial charge in [-0.1, -0.05) is 31.9 Å². The highest BCUT2D eigenvalue weighted by molar-refractivity contribution is 9.10. The molecule has 0 heterocycles. The molecule has 0 bridgehead atoms. The van der Waals surface area contributed by atoms with Crippen LogP contribution in [-0.2, 0) is 0 Å². The number of hydrogen-bond donors (Lipinski definition) is 2. The fraction of sp³-hybridized carbons (Fsp3) is 0.391. The number of rotatable bonds is 6. The molecule has 0 saturated heterocycles. The normalized spacial score (nSPS) is 10.8. The quantitative estimate of drug-likeness (QED) is 0.483. The van der Waals surface area contributed by atoms with E-state index in [9.17, 15) is 9.59 Å². The number of halogens is 2. The van der Waals surface area contributed by atoms with Crippen molar-refractivity contribution in [2.24, 2.45) is 0 Å². The molecule has 156 valence electrons. The van der Waals surface area contributed by atoms with E-state index in [-0.39, 0.29) is 11.8 Å². The van der Waals surface area contributed by atoms with Gasteiger partial charge >= 0.3 is 0 Å². The molecule has 0 fully saturated rings. The molecule has 29 heavy (non-hydrogen) atoms. The summed E-state index contributed by atoms with van der Waals surface area (Å²) in [6.45, 7) is 13.0. The maximum absolute atomic E-state index is 12.5. The predicted molar refractivity (Wildman–Crippen MR) is 126 cm³/mol. The highest BCUT2D eigenvalue weighted by Crippen LogP contribution is 2.26. The summed E-state index contributed by atoms with van der Waals surface area (Å²) in [5.74, 6) is -0.182. The molecule has 2 aromatic carbocycles. The fourth-order valence-electron chi connectivity index (χ4n) is 3.17. The highest BCUT2D eigenvalue weighted by atomic mass is 79.9. The lowest BCUT2D eigenvalue weighted by molar-refractivity contribution is 0.0951. The van der Waals surface area contributed by atoms with Gasteiger partial charge in [-0.05, 0) is 93.5 Å². The molecule has 2 rings (SSSR count). The standard InChI is InChI=1S/C23H28Br2N2O2/c1-12-14(3)18(10-20(24)16(12)5)22(28)26-8-7-9-27-23(29)19-11-21(25)17(6)13(2)15(19)4/h10-11H,7-9H2,1-6H3,(H,26,28)(H,27,29). The van der Waals surface area contributed by atoms with E-state index in [1.165, 1.54) is 0 Å². The van der Waals surface area contributed by atoms with Crippen molar-refractivity contribution in [3.8, 4) is 0 Å². The molecule has 0 saturated carbocycles. The van der Waals surface area contributed by atoms with E-state index in [0.29, 0.717) is 30.6 Å². The van der Waals surface area contributed by atoms with Crippen LogP contribution in [0.1, 0.15) is 60.5 Å². The smallest absolute Gasteiger partial charge is 0.251 e. The summed E-state index contributed by atoms with van der Waals surface area (Å²) < 4.78 is 1.88. The maximum atomic E-state index is 12.5. The Kier molecular flexibility index (Phi) is 8.06.